The molecule has 0 radical (unpaired) electrons. The Bertz CT molecular complexity index is 778. The molecule has 1 fully saturated rings. The summed E-state index contributed by atoms with van der Waals surface area (Å²) in [7, 11) is 0. The van der Waals surface area contributed by atoms with Crippen molar-refractivity contribution in [1.29, 1.82) is 0 Å². The van der Waals surface area contributed by atoms with Gasteiger partial charge in [-0.2, -0.15) is 0 Å². The lowest BCUT2D eigenvalue weighted by Gasteiger charge is -2.28. The second kappa shape index (κ2) is 7.81. The molecule has 1 aromatic rings. The SMILES string of the molecule is Cc1ccc2c(c1)NC(=O)C(NC(=O)OC(C)(C)C)CN2C(=O)C1CCCC1. The summed E-state index contributed by atoms with van der Waals surface area (Å²) in [4.78, 5) is 39.8. The summed E-state index contributed by atoms with van der Waals surface area (Å²) >= 11 is 0. The fourth-order valence-electron chi connectivity index (χ4n) is 3.73. The third-order valence-electron chi connectivity index (χ3n) is 5.04. The average molecular weight is 387 g/mol. The zero-order valence-corrected chi connectivity index (χ0v) is 17.0. The number of carbonyl (C=O) groups excluding carboxylic acids is 3. The minimum Gasteiger partial charge on any atom is -0.444 e. The number of nitrogens with zero attached hydrogens (tertiary/aromatic N) is 1. The maximum absolute atomic E-state index is 13.2. The summed E-state index contributed by atoms with van der Waals surface area (Å²) < 4.78 is 5.29. The fourth-order valence-corrected chi connectivity index (χ4v) is 3.73. The Morgan fingerprint density at radius 2 is 1.89 bits per heavy atom. The molecule has 0 saturated heterocycles. The maximum Gasteiger partial charge on any atom is 0.408 e. The van der Waals surface area contributed by atoms with Gasteiger partial charge in [0, 0.05) is 5.92 Å². The molecular formula is C21H29N3O4. The van der Waals surface area contributed by atoms with Crippen molar-refractivity contribution in [3.8, 4) is 0 Å². The summed E-state index contributed by atoms with van der Waals surface area (Å²) in [6.45, 7) is 7.28. The van der Waals surface area contributed by atoms with Crippen molar-refractivity contribution in [2.75, 3.05) is 16.8 Å². The van der Waals surface area contributed by atoms with Gasteiger partial charge >= 0.3 is 6.09 Å². The van der Waals surface area contributed by atoms with Crippen LogP contribution in [0.2, 0.25) is 0 Å². The normalized spacial score (nSPS) is 20.2. The Kier molecular flexibility index (Phi) is 5.63. The molecule has 28 heavy (non-hydrogen) atoms. The smallest absolute Gasteiger partial charge is 0.408 e. The van der Waals surface area contributed by atoms with Gasteiger partial charge in [0.25, 0.3) is 0 Å². The highest BCUT2D eigenvalue weighted by Crippen LogP contribution is 2.34. The van der Waals surface area contributed by atoms with E-state index in [1.54, 1.807) is 25.7 Å². The Hall–Kier alpha value is -2.57. The van der Waals surface area contributed by atoms with Crippen molar-refractivity contribution in [3.05, 3.63) is 23.8 Å². The van der Waals surface area contributed by atoms with Gasteiger partial charge in [0.05, 0.1) is 17.9 Å². The van der Waals surface area contributed by atoms with Gasteiger partial charge in [0.1, 0.15) is 11.6 Å². The van der Waals surface area contributed by atoms with Crippen molar-refractivity contribution in [2.24, 2.45) is 5.92 Å². The first kappa shape index (κ1) is 20.2. The van der Waals surface area contributed by atoms with E-state index in [9.17, 15) is 14.4 Å². The van der Waals surface area contributed by atoms with Gasteiger partial charge in [-0.05, 0) is 58.2 Å². The van der Waals surface area contributed by atoms with Gasteiger partial charge in [-0.15, -0.1) is 0 Å². The lowest BCUT2D eigenvalue weighted by Crippen LogP contribution is -2.52. The predicted octanol–water partition coefficient (Wildman–Crippen LogP) is 3.36. The highest BCUT2D eigenvalue weighted by atomic mass is 16.6. The number of nitrogens with one attached hydrogen (secondary N) is 2. The zero-order chi connectivity index (χ0) is 20.5. The van der Waals surface area contributed by atoms with Crippen molar-refractivity contribution in [3.63, 3.8) is 0 Å². The molecular weight excluding hydrogens is 358 g/mol. The van der Waals surface area contributed by atoms with Crippen LogP contribution in [0.15, 0.2) is 18.2 Å². The van der Waals surface area contributed by atoms with E-state index in [1.165, 1.54) is 0 Å². The molecule has 0 bridgehead atoms. The lowest BCUT2D eigenvalue weighted by atomic mass is 10.1. The Labute approximate surface area is 165 Å². The molecule has 0 spiro atoms. The lowest BCUT2D eigenvalue weighted by molar-refractivity contribution is -0.122. The number of benzene rings is 1. The average Bonchev–Trinajstić information content (AvgIpc) is 3.07. The first-order valence-electron chi connectivity index (χ1n) is 9.86. The van der Waals surface area contributed by atoms with Gasteiger partial charge in [0.2, 0.25) is 11.8 Å². The Morgan fingerprint density at radius 3 is 2.54 bits per heavy atom. The molecule has 3 rings (SSSR count). The second-order valence-electron chi connectivity index (χ2n) is 8.64. The van der Waals surface area contributed by atoms with Crippen molar-refractivity contribution in [1.82, 2.24) is 5.32 Å². The summed E-state index contributed by atoms with van der Waals surface area (Å²) in [5, 5.41) is 5.48. The number of alkyl carbamates (subject to hydrolysis) is 1. The van der Waals surface area contributed by atoms with E-state index in [-0.39, 0.29) is 24.3 Å². The van der Waals surface area contributed by atoms with E-state index < -0.39 is 17.7 Å². The predicted molar refractivity (Wildman–Crippen MR) is 107 cm³/mol. The van der Waals surface area contributed by atoms with Crippen LogP contribution in [0.3, 0.4) is 0 Å². The van der Waals surface area contributed by atoms with Gasteiger partial charge in [-0.3, -0.25) is 9.59 Å². The fraction of sp³-hybridized carbons (Fsp3) is 0.571. The molecule has 3 amide bonds. The minimum absolute atomic E-state index is 0.00934. The zero-order valence-electron chi connectivity index (χ0n) is 17.0. The van der Waals surface area contributed by atoms with E-state index in [0.717, 1.165) is 31.2 Å². The van der Waals surface area contributed by atoms with Gasteiger partial charge in [0.15, 0.2) is 0 Å². The maximum atomic E-state index is 13.2. The van der Waals surface area contributed by atoms with Crippen LogP contribution in [-0.2, 0) is 14.3 Å². The molecule has 2 N–H and O–H groups in total. The minimum atomic E-state index is -0.895. The van der Waals surface area contributed by atoms with E-state index in [0.29, 0.717) is 11.4 Å². The molecule has 1 aliphatic carbocycles. The van der Waals surface area contributed by atoms with E-state index in [4.69, 9.17) is 4.74 Å². The first-order valence-corrected chi connectivity index (χ1v) is 9.86. The van der Waals surface area contributed by atoms with Crippen LogP contribution >= 0.6 is 0 Å². The van der Waals surface area contributed by atoms with Gasteiger partial charge < -0.3 is 20.3 Å². The summed E-state index contributed by atoms with van der Waals surface area (Å²) in [5.74, 6) is -0.390. The monoisotopic (exact) mass is 387 g/mol. The molecule has 1 saturated carbocycles. The van der Waals surface area contributed by atoms with E-state index in [1.807, 2.05) is 25.1 Å². The number of rotatable bonds is 2. The highest BCUT2D eigenvalue weighted by molar-refractivity contribution is 6.07. The van der Waals surface area contributed by atoms with Crippen LogP contribution in [0, 0.1) is 12.8 Å². The number of hydrogen-bond acceptors (Lipinski definition) is 4. The van der Waals surface area contributed by atoms with Gasteiger partial charge in [-0.1, -0.05) is 18.9 Å². The third-order valence-corrected chi connectivity index (χ3v) is 5.04. The summed E-state index contributed by atoms with van der Waals surface area (Å²) in [6.07, 6.45) is 3.14. The molecule has 1 atom stereocenters. The number of aryl methyl sites for hydroxylation is 1. The van der Waals surface area contributed by atoms with Crippen LogP contribution in [0.4, 0.5) is 16.2 Å². The highest BCUT2D eigenvalue weighted by Gasteiger charge is 2.36. The van der Waals surface area contributed by atoms with Crippen LogP contribution in [0.5, 0.6) is 0 Å². The van der Waals surface area contributed by atoms with Crippen LogP contribution in [-0.4, -0.2) is 36.1 Å². The van der Waals surface area contributed by atoms with Crippen LogP contribution < -0.4 is 15.5 Å². The topological polar surface area (TPSA) is 87.7 Å². The molecule has 1 unspecified atom stereocenters. The first-order chi connectivity index (χ1) is 13.1. The largest absolute Gasteiger partial charge is 0.444 e. The standard InChI is InChI=1S/C21H29N3O4/c1-13-9-10-17-15(11-13)22-18(25)16(23-20(27)28-21(2,3)4)12-24(17)19(26)14-7-5-6-8-14/h9-11,14,16H,5-8,12H2,1-4H3,(H,22,25)(H,23,27). The molecule has 1 aliphatic heterocycles. The number of hydrogen-bond donors (Lipinski definition) is 2. The number of carbonyl (C=O) groups is 3. The van der Waals surface area contributed by atoms with E-state index in [2.05, 4.69) is 10.6 Å². The van der Waals surface area contributed by atoms with Crippen LogP contribution in [0.25, 0.3) is 0 Å². The summed E-state index contributed by atoms with van der Waals surface area (Å²) in [6, 6.07) is 4.72. The quantitative estimate of drug-likeness (QED) is 0.814. The second-order valence-corrected chi connectivity index (χ2v) is 8.64. The van der Waals surface area contributed by atoms with Crippen molar-refractivity contribution >= 4 is 29.3 Å². The van der Waals surface area contributed by atoms with E-state index >= 15 is 0 Å². The van der Waals surface area contributed by atoms with Gasteiger partial charge in [-0.25, -0.2) is 4.79 Å². The molecule has 152 valence electrons. The molecule has 0 aromatic heterocycles. The summed E-state index contributed by atoms with van der Waals surface area (Å²) in [5.41, 5.74) is 1.56. The number of ether oxygens (including phenoxy) is 1. The molecule has 1 heterocycles. The number of fused-ring (bicyclic) bond motifs is 1. The Morgan fingerprint density at radius 1 is 1.21 bits per heavy atom. The number of amides is 3. The molecule has 1 aromatic carbocycles. The van der Waals surface area contributed by atoms with Crippen LogP contribution in [0.1, 0.15) is 52.0 Å². The molecule has 7 heteroatoms. The van der Waals surface area contributed by atoms with Crippen molar-refractivity contribution in [2.45, 2.75) is 65.0 Å². The Balaban J connectivity index is 1.88. The molecule has 7 nitrogen and oxygen atoms in total. The number of anilines is 2. The van der Waals surface area contributed by atoms with Crippen molar-refractivity contribution < 1.29 is 19.1 Å². The molecule has 2 aliphatic rings. The third kappa shape index (κ3) is 4.64.